The van der Waals surface area contributed by atoms with Gasteiger partial charge < -0.3 is 10.3 Å². The highest BCUT2D eigenvalue weighted by Gasteiger charge is 2.12. The van der Waals surface area contributed by atoms with Crippen LogP contribution < -0.4 is 5.32 Å². The summed E-state index contributed by atoms with van der Waals surface area (Å²) in [5.74, 6) is 0.586. The number of nitrogens with zero attached hydrogens (tertiary/aromatic N) is 2. The third-order valence-corrected chi connectivity index (χ3v) is 5.11. The lowest BCUT2D eigenvalue weighted by Crippen LogP contribution is -2.22. The van der Waals surface area contributed by atoms with Gasteiger partial charge in [0.25, 0.3) is 5.91 Å². The Morgan fingerprint density at radius 3 is 2.54 bits per heavy atom. The fourth-order valence-corrected chi connectivity index (χ4v) is 3.47. The Hall–Kier alpha value is -2.89. The number of aromatic amines is 1. The molecular weight excluding hydrogens is 395 g/mol. The van der Waals surface area contributed by atoms with E-state index in [1.165, 1.54) is 0 Å². The molecule has 0 fully saturated rings. The molecule has 0 spiro atoms. The lowest BCUT2D eigenvalue weighted by Gasteiger charge is -2.05. The van der Waals surface area contributed by atoms with Gasteiger partial charge in [-0.3, -0.25) is 9.78 Å². The van der Waals surface area contributed by atoms with Gasteiger partial charge in [-0.25, -0.2) is 4.98 Å². The topological polar surface area (TPSA) is 70.7 Å². The predicted molar refractivity (Wildman–Crippen MR) is 111 cm³/mol. The number of nitrogens with one attached hydrogen (secondary N) is 2. The highest BCUT2D eigenvalue weighted by atomic mass is 35.5. The summed E-state index contributed by atoms with van der Waals surface area (Å²) in [5.41, 5.74) is 3.94. The van der Waals surface area contributed by atoms with Gasteiger partial charge in [-0.15, -0.1) is 0 Å². The number of pyridine rings is 1. The van der Waals surface area contributed by atoms with E-state index in [1.54, 1.807) is 36.7 Å². The average molecular weight is 411 g/mol. The van der Waals surface area contributed by atoms with Crippen molar-refractivity contribution in [3.05, 3.63) is 93.5 Å². The Labute approximate surface area is 171 Å². The van der Waals surface area contributed by atoms with Crippen LogP contribution in [0.15, 0.2) is 60.9 Å². The molecular formula is C21H16Cl2N4O. The van der Waals surface area contributed by atoms with Crippen molar-refractivity contribution < 1.29 is 4.79 Å². The maximum absolute atomic E-state index is 12.5. The molecule has 2 aromatic heterocycles. The summed E-state index contributed by atoms with van der Waals surface area (Å²) >= 11 is 12.5. The first kappa shape index (κ1) is 18.5. The summed E-state index contributed by atoms with van der Waals surface area (Å²) in [7, 11) is 0. The van der Waals surface area contributed by atoms with E-state index in [-0.39, 0.29) is 5.91 Å². The van der Waals surface area contributed by atoms with Crippen LogP contribution in [0.25, 0.3) is 11.0 Å². The average Bonchev–Trinajstić information content (AvgIpc) is 3.11. The highest BCUT2D eigenvalue weighted by molar-refractivity contribution is 6.36. The minimum absolute atomic E-state index is 0.149. The molecule has 2 N–H and O–H groups in total. The molecule has 0 unspecified atom stereocenters. The van der Waals surface area contributed by atoms with E-state index in [0.29, 0.717) is 28.6 Å². The smallest absolute Gasteiger partial charge is 0.251 e. The Kier molecular flexibility index (Phi) is 5.28. The highest BCUT2D eigenvalue weighted by Crippen LogP contribution is 2.27. The van der Waals surface area contributed by atoms with Crippen molar-refractivity contribution in [1.82, 2.24) is 20.3 Å². The zero-order chi connectivity index (χ0) is 19.5. The summed E-state index contributed by atoms with van der Waals surface area (Å²) in [6.45, 7) is 0.443. The van der Waals surface area contributed by atoms with E-state index in [2.05, 4.69) is 20.3 Å². The zero-order valence-electron chi connectivity index (χ0n) is 14.7. The molecule has 0 aliphatic rings. The van der Waals surface area contributed by atoms with E-state index in [9.17, 15) is 4.79 Å². The van der Waals surface area contributed by atoms with Crippen LogP contribution in [-0.4, -0.2) is 20.9 Å². The Bertz CT molecular complexity index is 1120. The minimum Gasteiger partial charge on any atom is -0.348 e. The van der Waals surface area contributed by atoms with Crippen molar-refractivity contribution in [3.8, 4) is 0 Å². The molecule has 4 rings (SSSR count). The number of H-pyrrole nitrogens is 1. The van der Waals surface area contributed by atoms with Gasteiger partial charge in [0.2, 0.25) is 0 Å². The number of imidazole rings is 1. The van der Waals surface area contributed by atoms with E-state index in [0.717, 1.165) is 28.0 Å². The standard InChI is InChI=1S/C21H16Cl2N4O/c22-16-2-1-3-17(23)15(16)11-20-26-18-5-4-14(10-19(18)27-20)21(28)25-12-13-6-8-24-9-7-13/h1-10H,11-12H2,(H,25,28)(H,26,27). The lowest BCUT2D eigenvalue weighted by atomic mass is 10.1. The van der Waals surface area contributed by atoms with Crippen molar-refractivity contribution in [3.63, 3.8) is 0 Å². The quantitative estimate of drug-likeness (QED) is 0.496. The first-order valence-corrected chi connectivity index (χ1v) is 9.44. The molecule has 28 heavy (non-hydrogen) atoms. The second kappa shape index (κ2) is 8.00. The van der Waals surface area contributed by atoms with E-state index in [1.807, 2.05) is 24.3 Å². The maximum atomic E-state index is 12.5. The van der Waals surface area contributed by atoms with Gasteiger partial charge in [-0.05, 0) is 53.6 Å². The van der Waals surface area contributed by atoms with Crippen molar-refractivity contribution >= 4 is 40.1 Å². The van der Waals surface area contributed by atoms with Crippen molar-refractivity contribution in [1.29, 1.82) is 0 Å². The van der Waals surface area contributed by atoms with Crippen LogP contribution in [0, 0.1) is 0 Å². The Morgan fingerprint density at radius 1 is 1.04 bits per heavy atom. The number of aromatic nitrogens is 3. The number of rotatable bonds is 5. The summed E-state index contributed by atoms with van der Waals surface area (Å²) in [6, 6.07) is 14.5. The van der Waals surface area contributed by atoms with Gasteiger partial charge in [0.05, 0.1) is 11.0 Å². The van der Waals surface area contributed by atoms with Gasteiger partial charge in [0, 0.05) is 41.0 Å². The minimum atomic E-state index is -0.149. The summed E-state index contributed by atoms with van der Waals surface area (Å²) in [5, 5.41) is 4.11. The molecule has 0 saturated heterocycles. The summed E-state index contributed by atoms with van der Waals surface area (Å²) in [6.07, 6.45) is 3.88. The number of amides is 1. The van der Waals surface area contributed by atoms with E-state index < -0.39 is 0 Å². The van der Waals surface area contributed by atoms with Crippen LogP contribution >= 0.6 is 23.2 Å². The molecule has 0 atom stereocenters. The molecule has 2 heterocycles. The molecule has 7 heteroatoms. The van der Waals surface area contributed by atoms with Gasteiger partial charge in [-0.2, -0.15) is 0 Å². The van der Waals surface area contributed by atoms with Gasteiger partial charge in [0.1, 0.15) is 5.82 Å². The second-order valence-corrected chi connectivity index (χ2v) is 7.14. The zero-order valence-corrected chi connectivity index (χ0v) is 16.3. The first-order chi connectivity index (χ1) is 13.6. The van der Waals surface area contributed by atoms with Crippen LogP contribution in [0.5, 0.6) is 0 Å². The molecule has 0 saturated carbocycles. The Morgan fingerprint density at radius 2 is 1.79 bits per heavy atom. The molecule has 140 valence electrons. The van der Waals surface area contributed by atoms with Gasteiger partial charge in [-0.1, -0.05) is 29.3 Å². The second-order valence-electron chi connectivity index (χ2n) is 6.33. The fraction of sp³-hybridized carbons (Fsp3) is 0.0952. The fourth-order valence-electron chi connectivity index (χ4n) is 2.94. The molecule has 0 aliphatic carbocycles. The summed E-state index contributed by atoms with van der Waals surface area (Å²) in [4.78, 5) is 24.2. The number of fused-ring (bicyclic) bond motifs is 1. The van der Waals surface area contributed by atoms with Gasteiger partial charge in [0.15, 0.2) is 0 Å². The first-order valence-electron chi connectivity index (χ1n) is 8.69. The molecule has 0 bridgehead atoms. The normalized spacial score (nSPS) is 10.9. The third kappa shape index (κ3) is 4.01. The van der Waals surface area contributed by atoms with Crippen molar-refractivity contribution in [2.24, 2.45) is 0 Å². The van der Waals surface area contributed by atoms with E-state index >= 15 is 0 Å². The number of carbonyl (C=O) groups excluding carboxylic acids is 1. The monoisotopic (exact) mass is 410 g/mol. The number of hydrogen-bond donors (Lipinski definition) is 2. The largest absolute Gasteiger partial charge is 0.348 e. The van der Waals surface area contributed by atoms with Crippen molar-refractivity contribution in [2.45, 2.75) is 13.0 Å². The molecule has 2 aromatic carbocycles. The van der Waals surface area contributed by atoms with Gasteiger partial charge >= 0.3 is 0 Å². The van der Waals surface area contributed by atoms with Crippen LogP contribution in [0.2, 0.25) is 10.0 Å². The maximum Gasteiger partial charge on any atom is 0.251 e. The van der Waals surface area contributed by atoms with Crippen LogP contribution in [0.1, 0.15) is 27.3 Å². The number of carbonyl (C=O) groups is 1. The lowest BCUT2D eigenvalue weighted by molar-refractivity contribution is 0.0951. The third-order valence-electron chi connectivity index (χ3n) is 4.40. The van der Waals surface area contributed by atoms with Crippen LogP contribution in [-0.2, 0) is 13.0 Å². The molecule has 4 aromatic rings. The summed E-state index contributed by atoms with van der Waals surface area (Å²) < 4.78 is 0. The molecule has 5 nitrogen and oxygen atoms in total. The molecule has 0 radical (unpaired) electrons. The van der Waals surface area contributed by atoms with Crippen molar-refractivity contribution in [2.75, 3.05) is 0 Å². The predicted octanol–water partition coefficient (Wildman–Crippen LogP) is 4.79. The van der Waals surface area contributed by atoms with Crippen LogP contribution in [0.3, 0.4) is 0 Å². The molecule has 1 amide bonds. The number of benzene rings is 2. The SMILES string of the molecule is O=C(NCc1ccncc1)c1ccc2nc(Cc3c(Cl)cccc3Cl)[nH]c2c1. The Balaban J connectivity index is 1.52. The molecule has 0 aliphatic heterocycles. The number of hydrogen-bond acceptors (Lipinski definition) is 3. The van der Waals surface area contributed by atoms with Crippen LogP contribution in [0.4, 0.5) is 0 Å². The number of halogens is 2. The van der Waals surface area contributed by atoms with E-state index in [4.69, 9.17) is 23.2 Å².